The van der Waals surface area contributed by atoms with E-state index >= 15 is 0 Å². The summed E-state index contributed by atoms with van der Waals surface area (Å²) in [5, 5.41) is 3.57. The second-order valence-electron chi connectivity index (χ2n) is 3.53. The Morgan fingerprint density at radius 3 is 2.82 bits per heavy atom. The highest BCUT2D eigenvalue weighted by Crippen LogP contribution is 2.02. The largest absolute Gasteiger partial charge is 0.361 e. The molecule has 0 aliphatic heterocycles. The van der Waals surface area contributed by atoms with E-state index in [0.717, 1.165) is 5.56 Å². The summed E-state index contributed by atoms with van der Waals surface area (Å²) in [6.45, 7) is 2.03. The smallest absolute Gasteiger partial charge is 0.297 e. The average Bonchev–Trinajstić information content (AvgIpc) is 2.77. The van der Waals surface area contributed by atoms with E-state index in [-0.39, 0.29) is 5.69 Å². The van der Waals surface area contributed by atoms with Crippen molar-refractivity contribution in [3.05, 3.63) is 53.4 Å². The van der Waals surface area contributed by atoms with Gasteiger partial charge in [-0.1, -0.05) is 35.5 Å². The summed E-state index contributed by atoms with van der Waals surface area (Å²) in [6, 6.07) is 11.1. The molecule has 1 amide bonds. The maximum Gasteiger partial charge on any atom is 0.297 e. The van der Waals surface area contributed by atoms with Gasteiger partial charge in [-0.2, -0.15) is 0 Å². The fourth-order valence-electron chi connectivity index (χ4n) is 1.28. The topological polar surface area (TPSA) is 64.4 Å². The number of aromatic nitrogens is 1. The average molecular weight is 232 g/mol. The van der Waals surface area contributed by atoms with Gasteiger partial charge in [0, 0.05) is 6.07 Å². The van der Waals surface area contributed by atoms with Gasteiger partial charge in [-0.3, -0.25) is 9.63 Å². The van der Waals surface area contributed by atoms with Crippen LogP contribution in [0.5, 0.6) is 0 Å². The zero-order valence-electron chi connectivity index (χ0n) is 9.34. The fraction of sp³-hybridized carbons (Fsp3) is 0.167. The predicted molar refractivity (Wildman–Crippen MR) is 59.9 cm³/mol. The van der Waals surface area contributed by atoms with Crippen molar-refractivity contribution < 1.29 is 14.2 Å². The first kappa shape index (κ1) is 11.3. The summed E-state index contributed by atoms with van der Waals surface area (Å²) >= 11 is 0. The molecule has 0 spiro atoms. The number of hydrogen-bond acceptors (Lipinski definition) is 4. The number of nitrogens with zero attached hydrogens (tertiary/aromatic N) is 1. The van der Waals surface area contributed by atoms with E-state index in [0.29, 0.717) is 12.4 Å². The molecule has 1 aromatic heterocycles. The van der Waals surface area contributed by atoms with E-state index in [4.69, 9.17) is 9.36 Å². The van der Waals surface area contributed by atoms with Crippen LogP contribution in [0.15, 0.2) is 40.9 Å². The first-order valence-electron chi connectivity index (χ1n) is 5.15. The zero-order valence-corrected chi connectivity index (χ0v) is 9.34. The van der Waals surface area contributed by atoms with Crippen molar-refractivity contribution in [2.75, 3.05) is 0 Å². The molecule has 0 bridgehead atoms. The quantitative estimate of drug-likeness (QED) is 0.817. The summed E-state index contributed by atoms with van der Waals surface area (Å²) in [4.78, 5) is 16.6. The standard InChI is InChI=1S/C12H12N2O3/c1-9-7-11(13-17-9)12(15)14-16-8-10-5-3-2-4-6-10/h2-7H,8H2,1H3,(H,14,15). The van der Waals surface area contributed by atoms with Crippen LogP contribution in [-0.2, 0) is 11.4 Å². The number of hydrogen-bond donors (Lipinski definition) is 1. The van der Waals surface area contributed by atoms with Crippen molar-refractivity contribution in [3.63, 3.8) is 0 Å². The third-order valence-electron chi connectivity index (χ3n) is 2.11. The van der Waals surface area contributed by atoms with Crippen LogP contribution in [0.25, 0.3) is 0 Å². The minimum atomic E-state index is -0.419. The highest BCUT2D eigenvalue weighted by Gasteiger charge is 2.10. The Kier molecular flexibility index (Phi) is 3.52. The third kappa shape index (κ3) is 3.15. The second kappa shape index (κ2) is 5.27. The van der Waals surface area contributed by atoms with Crippen LogP contribution in [0.3, 0.4) is 0 Å². The number of nitrogens with one attached hydrogen (secondary N) is 1. The van der Waals surface area contributed by atoms with E-state index in [1.165, 1.54) is 0 Å². The summed E-state index contributed by atoms with van der Waals surface area (Å²) in [5.74, 6) is 0.163. The zero-order chi connectivity index (χ0) is 12.1. The molecule has 0 unspecified atom stereocenters. The lowest BCUT2D eigenvalue weighted by atomic mass is 10.2. The maximum absolute atomic E-state index is 11.5. The number of rotatable bonds is 4. The summed E-state index contributed by atoms with van der Waals surface area (Å²) in [7, 11) is 0. The van der Waals surface area contributed by atoms with Gasteiger partial charge < -0.3 is 4.52 Å². The minimum Gasteiger partial charge on any atom is -0.361 e. The van der Waals surface area contributed by atoms with Gasteiger partial charge in [0.1, 0.15) is 5.76 Å². The van der Waals surface area contributed by atoms with Gasteiger partial charge in [0.2, 0.25) is 0 Å². The van der Waals surface area contributed by atoms with Crippen LogP contribution in [0.1, 0.15) is 21.8 Å². The molecule has 1 N–H and O–H groups in total. The van der Waals surface area contributed by atoms with Crippen LogP contribution in [0.2, 0.25) is 0 Å². The first-order valence-corrected chi connectivity index (χ1v) is 5.15. The lowest BCUT2D eigenvalue weighted by Gasteiger charge is -2.03. The summed E-state index contributed by atoms with van der Waals surface area (Å²) < 4.78 is 4.78. The predicted octanol–water partition coefficient (Wildman–Crippen LogP) is 1.84. The van der Waals surface area contributed by atoms with E-state index in [1.54, 1.807) is 13.0 Å². The SMILES string of the molecule is Cc1cc(C(=O)NOCc2ccccc2)no1. The number of amides is 1. The minimum absolute atomic E-state index is 0.204. The van der Waals surface area contributed by atoms with Gasteiger partial charge in [0.15, 0.2) is 5.69 Å². The van der Waals surface area contributed by atoms with Crippen molar-refractivity contribution in [3.8, 4) is 0 Å². The highest BCUT2D eigenvalue weighted by molar-refractivity contribution is 5.91. The molecular weight excluding hydrogens is 220 g/mol. The Morgan fingerprint density at radius 1 is 1.41 bits per heavy atom. The van der Waals surface area contributed by atoms with Gasteiger partial charge in [-0.15, -0.1) is 0 Å². The van der Waals surface area contributed by atoms with Gasteiger partial charge in [0.25, 0.3) is 5.91 Å². The molecule has 0 aliphatic rings. The molecule has 0 aliphatic carbocycles. The van der Waals surface area contributed by atoms with Crippen LogP contribution >= 0.6 is 0 Å². The van der Waals surface area contributed by atoms with Crippen molar-refractivity contribution in [1.82, 2.24) is 10.6 Å². The molecule has 88 valence electrons. The maximum atomic E-state index is 11.5. The molecule has 0 radical (unpaired) electrons. The molecule has 2 rings (SSSR count). The summed E-state index contributed by atoms with van der Waals surface area (Å²) in [5.41, 5.74) is 3.48. The molecule has 1 aromatic carbocycles. The number of hydroxylamine groups is 1. The van der Waals surface area contributed by atoms with Crippen molar-refractivity contribution in [2.24, 2.45) is 0 Å². The number of carbonyl (C=O) groups is 1. The Balaban J connectivity index is 1.81. The molecule has 5 heteroatoms. The van der Waals surface area contributed by atoms with E-state index in [1.807, 2.05) is 30.3 Å². The first-order chi connectivity index (χ1) is 8.25. The van der Waals surface area contributed by atoms with E-state index in [2.05, 4.69) is 10.6 Å². The molecule has 0 atom stereocenters. The fourth-order valence-corrected chi connectivity index (χ4v) is 1.28. The molecule has 2 aromatic rings. The molecule has 0 fully saturated rings. The highest BCUT2D eigenvalue weighted by atomic mass is 16.7. The van der Waals surface area contributed by atoms with E-state index < -0.39 is 5.91 Å². The molecule has 0 saturated heterocycles. The Labute approximate surface area is 98.3 Å². The van der Waals surface area contributed by atoms with Gasteiger partial charge in [-0.05, 0) is 12.5 Å². The normalized spacial score (nSPS) is 10.2. The molecular formula is C12H12N2O3. The lowest BCUT2D eigenvalue weighted by Crippen LogP contribution is -2.23. The molecule has 1 heterocycles. The number of carbonyl (C=O) groups excluding carboxylic acids is 1. The van der Waals surface area contributed by atoms with Gasteiger partial charge in [0.05, 0.1) is 6.61 Å². The van der Waals surface area contributed by atoms with Crippen LogP contribution in [0.4, 0.5) is 0 Å². The summed E-state index contributed by atoms with van der Waals surface area (Å²) in [6.07, 6.45) is 0. The Hall–Kier alpha value is -2.14. The van der Waals surface area contributed by atoms with E-state index in [9.17, 15) is 4.79 Å². The van der Waals surface area contributed by atoms with Gasteiger partial charge >= 0.3 is 0 Å². The molecule has 17 heavy (non-hydrogen) atoms. The van der Waals surface area contributed by atoms with Crippen molar-refractivity contribution in [1.29, 1.82) is 0 Å². The second-order valence-corrected chi connectivity index (χ2v) is 3.53. The monoisotopic (exact) mass is 232 g/mol. The van der Waals surface area contributed by atoms with Crippen LogP contribution in [-0.4, -0.2) is 11.1 Å². The third-order valence-corrected chi connectivity index (χ3v) is 2.11. The van der Waals surface area contributed by atoms with Crippen molar-refractivity contribution >= 4 is 5.91 Å². The van der Waals surface area contributed by atoms with Gasteiger partial charge in [-0.25, -0.2) is 5.48 Å². The van der Waals surface area contributed by atoms with Crippen LogP contribution in [0, 0.1) is 6.92 Å². The Bertz CT molecular complexity index is 493. The van der Waals surface area contributed by atoms with Crippen molar-refractivity contribution in [2.45, 2.75) is 13.5 Å². The number of benzene rings is 1. The Morgan fingerprint density at radius 2 is 2.18 bits per heavy atom. The number of aryl methyl sites for hydroxylation is 1. The molecule has 5 nitrogen and oxygen atoms in total. The van der Waals surface area contributed by atoms with Crippen LogP contribution < -0.4 is 5.48 Å². The lowest BCUT2D eigenvalue weighted by molar-refractivity contribution is 0.0226. The molecule has 0 saturated carbocycles.